The molecule has 0 rings (SSSR count). The van der Waals surface area contributed by atoms with Gasteiger partial charge in [-0.25, -0.2) is 0 Å². The summed E-state index contributed by atoms with van der Waals surface area (Å²) < 4.78 is 4.93. The lowest BCUT2D eigenvalue weighted by atomic mass is 9.95. The molecule has 1 unspecified atom stereocenters. The van der Waals surface area contributed by atoms with Gasteiger partial charge in [0, 0.05) is 0 Å². The van der Waals surface area contributed by atoms with Crippen LogP contribution >= 0.6 is 0 Å². The average Bonchev–Trinajstić information content (AvgIpc) is 2.45. The van der Waals surface area contributed by atoms with E-state index in [-0.39, 0.29) is 5.97 Å². The second-order valence-corrected chi connectivity index (χ2v) is 5.60. The van der Waals surface area contributed by atoms with Crippen molar-refractivity contribution in [3.05, 3.63) is 29.0 Å². The number of esters is 1. The van der Waals surface area contributed by atoms with Crippen LogP contribution in [0.25, 0.3) is 0 Å². The standard InChI is InChI=1S/C19H32O2/c1-6-16(4)11-9-13-18(7-2)14-10-12-17(5)15-19(20)21-8-3/h10-11,18H,6-9,13-15H2,1-5H3/b16-11+. The number of allylic oxidation sites excluding steroid dienone is 2. The van der Waals surface area contributed by atoms with Crippen molar-refractivity contribution in [3.8, 4) is 0 Å². The zero-order valence-corrected chi connectivity index (χ0v) is 14.5. The van der Waals surface area contributed by atoms with E-state index >= 15 is 0 Å². The van der Waals surface area contributed by atoms with E-state index in [1.807, 2.05) is 13.8 Å². The van der Waals surface area contributed by atoms with Gasteiger partial charge in [-0.2, -0.15) is 0 Å². The molecule has 0 aromatic heterocycles. The molecule has 0 fully saturated rings. The molecule has 0 aliphatic carbocycles. The zero-order chi connectivity index (χ0) is 16.1. The molecule has 0 aromatic rings. The second-order valence-electron chi connectivity index (χ2n) is 5.60. The van der Waals surface area contributed by atoms with Crippen molar-refractivity contribution in [2.45, 2.75) is 73.1 Å². The fourth-order valence-electron chi connectivity index (χ4n) is 2.08. The molecule has 0 amide bonds. The number of carbonyl (C=O) groups excluding carboxylic acids is 1. The molecule has 0 saturated carbocycles. The van der Waals surface area contributed by atoms with Crippen molar-refractivity contribution in [1.82, 2.24) is 0 Å². The van der Waals surface area contributed by atoms with E-state index in [2.05, 4.69) is 38.7 Å². The smallest absolute Gasteiger partial charge is 0.310 e. The average molecular weight is 292 g/mol. The van der Waals surface area contributed by atoms with Crippen molar-refractivity contribution < 1.29 is 9.53 Å². The van der Waals surface area contributed by atoms with Crippen LogP contribution < -0.4 is 0 Å². The van der Waals surface area contributed by atoms with E-state index in [1.54, 1.807) is 0 Å². The predicted molar refractivity (Wildman–Crippen MR) is 90.2 cm³/mol. The summed E-state index contributed by atoms with van der Waals surface area (Å²) in [5.74, 6) is 0.539. The maximum absolute atomic E-state index is 11.3. The minimum absolute atomic E-state index is 0.164. The maximum Gasteiger partial charge on any atom is 0.310 e. The molecular weight excluding hydrogens is 260 g/mol. The van der Waals surface area contributed by atoms with Gasteiger partial charge < -0.3 is 4.74 Å². The van der Waals surface area contributed by atoms with E-state index in [0.29, 0.717) is 18.9 Å². The van der Waals surface area contributed by atoms with E-state index in [1.165, 1.54) is 18.4 Å². The first-order valence-electron chi connectivity index (χ1n) is 8.25. The van der Waals surface area contributed by atoms with E-state index in [0.717, 1.165) is 24.8 Å². The molecule has 0 spiro atoms. The molecular formula is C19H32O2. The fraction of sp³-hybridized carbons (Fsp3) is 0.684. The Bertz CT molecular complexity index is 384. The first kappa shape index (κ1) is 19.7. The highest BCUT2D eigenvalue weighted by Crippen LogP contribution is 2.17. The Morgan fingerprint density at radius 3 is 2.52 bits per heavy atom. The summed E-state index contributed by atoms with van der Waals surface area (Å²) >= 11 is 0. The van der Waals surface area contributed by atoms with Gasteiger partial charge in [-0.3, -0.25) is 4.79 Å². The molecule has 120 valence electrons. The van der Waals surface area contributed by atoms with Gasteiger partial charge >= 0.3 is 5.97 Å². The topological polar surface area (TPSA) is 26.3 Å². The zero-order valence-electron chi connectivity index (χ0n) is 14.5. The highest BCUT2D eigenvalue weighted by Gasteiger charge is 2.04. The molecule has 0 heterocycles. The second kappa shape index (κ2) is 12.5. The van der Waals surface area contributed by atoms with Gasteiger partial charge in [-0.15, -0.1) is 5.73 Å². The molecule has 2 nitrogen and oxygen atoms in total. The Morgan fingerprint density at radius 2 is 1.95 bits per heavy atom. The van der Waals surface area contributed by atoms with Gasteiger partial charge in [0.15, 0.2) is 0 Å². The Kier molecular flexibility index (Phi) is 11.7. The molecule has 0 aromatic carbocycles. The lowest BCUT2D eigenvalue weighted by Gasteiger charge is -2.10. The quantitative estimate of drug-likeness (QED) is 0.298. The van der Waals surface area contributed by atoms with E-state index < -0.39 is 0 Å². The van der Waals surface area contributed by atoms with Gasteiger partial charge in [-0.05, 0) is 64.0 Å². The number of hydrogen-bond donors (Lipinski definition) is 0. The van der Waals surface area contributed by atoms with Crippen LogP contribution in [0, 0.1) is 5.92 Å². The van der Waals surface area contributed by atoms with Crippen LogP contribution in [0.4, 0.5) is 0 Å². The SMILES string of the molecule is CCOC(=O)CC(C)=C=CCC(CC)CC/C=C(\C)CC. The summed E-state index contributed by atoms with van der Waals surface area (Å²) in [4.78, 5) is 11.3. The largest absolute Gasteiger partial charge is 0.466 e. The third-order valence-corrected chi connectivity index (χ3v) is 3.72. The van der Waals surface area contributed by atoms with Gasteiger partial charge in [0.2, 0.25) is 0 Å². The van der Waals surface area contributed by atoms with Crippen molar-refractivity contribution in [2.75, 3.05) is 6.61 Å². The van der Waals surface area contributed by atoms with Crippen molar-refractivity contribution >= 4 is 5.97 Å². The summed E-state index contributed by atoms with van der Waals surface area (Å²) in [5.41, 5.74) is 5.65. The number of carbonyl (C=O) groups is 1. The van der Waals surface area contributed by atoms with Crippen molar-refractivity contribution in [3.63, 3.8) is 0 Å². The van der Waals surface area contributed by atoms with Gasteiger partial charge in [-0.1, -0.05) is 31.9 Å². The van der Waals surface area contributed by atoms with Crippen molar-refractivity contribution in [1.29, 1.82) is 0 Å². The molecule has 0 aliphatic rings. The molecule has 0 aliphatic heterocycles. The Morgan fingerprint density at radius 1 is 1.24 bits per heavy atom. The predicted octanol–water partition coefficient (Wildman–Crippen LogP) is 5.59. The minimum Gasteiger partial charge on any atom is -0.466 e. The Labute approximate surface area is 131 Å². The third kappa shape index (κ3) is 11.1. The van der Waals surface area contributed by atoms with E-state index in [9.17, 15) is 4.79 Å². The number of ether oxygens (including phenoxy) is 1. The minimum atomic E-state index is -0.164. The molecule has 0 saturated heterocycles. The fourth-order valence-corrected chi connectivity index (χ4v) is 2.08. The summed E-state index contributed by atoms with van der Waals surface area (Å²) in [6.07, 6.45) is 10.5. The normalized spacial score (nSPS) is 12.5. The Hall–Kier alpha value is -1.27. The number of rotatable bonds is 10. The van der Waals surface area contributed by atoms with Crippen LogP contribution in [0.3, 0.4) is 0 Å². The first-order chi connectivity index (χ1) is 10.0. The molecule has 0 N–H and O–H groups in total. The molecule has 1 atom stereocenters. The highest BCUT2D eigenvalue weighted by atomic mass is 16.5. The molecule has 0 bridgehead atoms. The van der Waals surface area contributed by atoms with Crippen molar-refractivity contribution in [2.24, 2.45) is 5.92 Å². The van der Waals surface area contributed by atoms with Crippen LogP contribution in [0.2, 0.25) is 0 Å². The maximum atomic E-state index is 11.3. The lowest BCUT2D eigenvalue weighted by Crippen LogP contribution is -2.03. The van der Waals surface area contributed by atoms with Gasteiger partial charge in [0.05, 0.1) is 13.0 Å². The van der Waals surface area contributed by atoms with E-state index in [4.69, 9.17) is 4.74 Å². The van der Waals surface area contributed by atoms with Crippen LogP contribution in [-0.2, 0) is 9.53 Å². The number of hydrogen-bond acceptors (Lipinski definition) is 2. The van der Waals surface area contributed by atoms with Gasteiger partial charge in [0.1, 0.15) is 0 Å². The highest BCUT2D eigenvalue weighted by molar-refractivity contribution is 5.72. The monoisotopic (exact) mass is 292 g/mol. The van der Waals surface area contributed by atoms with Crippen LogP contribution in [0.5, 0.6) is 0 Å². The molecule has 2 heteroatoms. The van der Waals surface area contributed by atoms with Gasteiger partial charge in [0.25, 0.3) is 0 Å². The summed E-state index contributed by atoms with van der Waals surface area (Å²) in [6, 6.07) is 0. The summed E-state index contributed by atoms with van der Waals surface area (Å²) in [6.45, 7) is 10.8. The third-order valence-electron chi connectivity index (χ3n) is 3.72. The first-order valence-corrected chi connectivity index (χ1v) is 8.25. The van der Waals surface area contributed by atoms with Crippen LogP contribution in [0.15, 0.2) is 29.0 Å². The summed E-state index contributed by atoms with van der Waals surface area (Å²) in [5, 5.41) is 0. The molecule has 0 radical (unpaired) electrons. The molecule has 21 heavy (non-hydrogen) atoms. The van der Waals surface area contributed by atoms with Crippen LogP contribution in [0.1, 0.15) is 73.1 Å². The lowest BCUT2D eigenvalue weighted by molar-refractivity contribution is -0.142. The summed E-state index contributed by atoms with van der Waals surface area (Å²) in [7, 11) is 0. The Balaban J connectivity index is 4.24. The van der Waals surface area contributed by atoms with Crippen LogP contribution in [-0.4, -0.2) is 12.6 Å².